The van der Waals surface area contributed by atoms with E-state index in [0.29, 0.717) is 27.6 Å². The molecule has 2 aromatic heterocycles. The molecule has 0 spiro atoms. The number of carbonyl (C=O) groups excluding carboxylic acids is 1. The number of benzene rings is 2. The molecular weight excluding hydrogens is 435 g/mol. The van der Waals surface area contributed by atoms with Gasteiger partial charge in [0, 0.05) is 12.1 Å². The second-order valence-electron chi connectivity index (χ2n) is 6.84. The van der Waals surface area contributed by atoms with Crippen LogP contribution < -0.4 is 10.9 Å². The van der Waals surface area contributed by atoms with Crippen LogP contribution in [0.5, 0.6) is 0 Å². The third kappa shape index (κ3) is 4.38. The molecule has 158 valence electrons. The van der Waals surface area contributed by atoms with Crippen molar-refractivity contribution < 1.29 is 9.18 Å². The van der Waals surface area contributed by atoms with E-state index in [9.17, 15) is 14.0 Å². The Morgan fingerprint density at radius 3 is 2.65 bits per heavy atom. The average molecular weight is 455 g/mol. The molecule has 0 aliphatic heterocycles. The highest BCUT2D eigenvalue weighted by Crippen LogP contribution is 2.29. The Morgan fingerprint density at radius 2 is 1.94 bits per heavy atom. The van der Waals surface area contributed by atoms with Crippen LogP contribution in [0.3, 0.4) is 0 Å². The summed E-state index contributed by atoms with van der Waals surface area (Å²) in [6.45, 7) is 4.26. The molecular formula is C22H19FN4O2S2. The zero-order valence-corrected chi connectivity index (χ0v) is 18.5. The number of fused-ring (bicyclic) bond motifs is 1. The number of halogens is 1. The van der Waals surface area contributed by atoms with Gasteiger partial charge in [-0.15, -0.1) is 0 Å². The van der Waals surface area contributed by atoms with Gasteiger partial charge in [0.25, 0.3) is 5.56 Å². The van der Waals surface area contributed by atoms with Crippen LogP contribution in [0.15, 0.2) is 58.5 Å². The fourth-order valence-corrected chi connectivity index (χ4v) is 4.71. The van der Waals surface area contributed by atoms with E-state index in [2.05, 4.69) is 14.7 Å². The molecule has 0 unspecified atom stereocenters. The summed E-state index contributed by atoms with van der Waals surface area (Å²) in [7, 11) is 0. The molecule has 1 amide bonds. The van der Waals surface area contributed by atoms with E-state index in [1.54, 1.807) is 12.1 Å². The molecule has 4 rings (SSSR count). The minimum Gasteiger partial charge on any atom is -0.323 e. The number of aryl methyl sites for hydroxylation is 1. The SMILES string of the molecule is CCn1c(SCC(=O)Nc2ccccc2F)nc2c(-c3ccc(C)cc3)nsc2c1=O. The van der Waals surface area contributed by atoms with E-state index in [0.717, 1.165) is 34.4 Å². The minimum absolute atomic E-state index is 0.0102. The van der Waals surface area contributed by atoms with E-state index in [1.165, 1.54) is 16.7 Å². The van der Waals surface area contributed by atoms with Gasteiger partial charge in [0.1, 0.15) is 21.7 Å². The summed E-state index contributed by atoms with van der Waals surface area (Å²) in [6.07, 6.45) is 0. The van der Waals surface area contributed by atoms with Crippen molar-refractivity contribution in [2.24, 2.45) is 0 Å². The Labute approximate surface area is 186 Å². The monoisotopic (exact) mass is 454 g/mol. The van der Waals surface area contributed by atoms with Crippen molar-refractivity contribution in [2.45, 2.75) is 25.5 Å². The van der Waals surface area contributed by atoms with E-state index in [4.69, 9.17) is 0 Å². The summed E-state index contributed by atoms with van der Waals surface area (Å²) in [5.41, 5.74) is 3.12. The molecule has 0 aliphatic rings. The van der Waals surface area contributed by atoms with Crippen molar-refractivity contribution >= 4 is 45.1 Å². The zero-order valence-electron chi connectivity index (χ0n) is 16.9. The van der Waals surface area contributed by atoms with Crippen LogP contribution in [0.1, 0.15) is 12.5 Å². The Kier molecular flexibility index (Phi) is 6.15. The van der Waals surface area contributed by atoms with Gasteiger partial charge in [0.2, 0.25) is 5.91 Å². The summed E-state index contributed by atoms with van der Waals surface area (Å²) in [5, 5.41) is 2.98. The van der Waals surface area contributed by atoms with Gasteiger partial charge >= 0.3 is 0 Å². The first-order valence-corrected chi connectivity index (χ1v) is 11.4. The number of anilines is 1. The smallest absolute Gasteiger partial charge is 0.273 e. The highest BCUT2D eigenvalue weighted by atomic mass is 32.2. The lowest BCUT2D eigenvalue weighted by atomic mass is 10.1. The number of rotatable bonds is 6. The summed E-state index contributed by atoms with van der Waals surface area (Å²) >= 11 is 2.27. The summed E-state index contributed by atoms with van der Waals surface area (Å²) in [5.74, 6) is -0.892. The van der Waals surface area contributed by atoms with Crippen molar-refractivity contribution in [2.75, 3.05) is 11.1 Å². The van der Waals surface area contributed by atoms with E-state index < -0.39 is 5.82 Å². The number of hydrogen-bond acceptors (Lipinski definition) is 6. The Bertz CT molecular complexity index is 1320. The van der Waals surface area contributed by atoms with Gasteiger partial charge in [0.05, 0.1) is 11.4 Å². The van der Waals surface area contributed by atoms with Crippen LogP contribution in [-0.4, -0.2) is 25.6 Å². The number of para-hydroxylation sites is 1. The van der Waals surface area contributed by atoms with Crippen LogP contribution in [0, 0.1) is 12.7 Å². The lowest BCUT2D eigenvalue weighted by molar-refractivity contribution is -0.113. The lowest BCUT2D eigenvalue weighted by Crippen LogP contribution is -2.23. The topological polar surface area (TPSA) is 76.9 Å². The van der Waals surface area contributed by atoms with Crippen LogP contribution in [0.25, 0.3) is 21.5 Å². The molecule has 2 heterocycles. The summed E-state index contributed by atoms with van der Waals surface area (Å²) in [6, 6.07) is 13.8. The Morgan fingerprint density at radius 1 is 1.19 bits per heavy atom. The van der Waals surface area contributed by atoms with Gasteiger partial charge in [-0.2, -0.15) is 4.37 Å². The average Bonchev–Trinajstić information content (AvgIpc) is 3.19. The van der Waals surface area contributed by atoms with Crippen LogP contribution >= 0.6 is 23.3 Å². The number of amides is 1. The first-order valence-electron chi connectivity index (χ1n) is 9.62. The first-order chi connectivity index (χ1) is 15.0. The van der Waals surface area contributed by atoms with Crippen molar-refractivity contribution in [1.29, 1.82) is 0 Å². The predicted octanol–water partition coefficient (Wildman–Crippen LogP) is 4.72. The van der Waals surface area contributed by atoms with Gasteiger partial charge in [-0.3, -0.25) is 14.2 Å². The minimum atomic E-state index is -0.502. The highest BCUT2D eigenvalue weighted by Gasteiger charge is 2.18. The van der Waals surface area contributed by atoms with Crippen molar-refractivity contribution in [3.8, 4) is 11.3 Å². The van der Waals surface area contributed by atoms with E-state index >= 15 is 0 Å². The van der Waals surface area contributed by atoms with Crippen LogP contribution in [0.2, 0.25) is 0 Å². The van der Waals surface area contributed by atoms with Gasteiger partial charge in [0.15, 0.2) is 5.16 Å². The molecule has 31 heavy (non-hydrogen) atoms. The van der Waals surface area contributed by atoms with Gasteiger partial charge < -0.3 is 5.32 Å². The Balaban J connectivity index is 1.64. The van der Waals surface area contributed by atoms with Crippen LogP contribution in [0.4, 0.5) is 10.1 Å². The summed E-state index contributed by atoms with van der Waals surface area (Å²) in [4.78, 5) is 30.0. The molecule has 0 saturated carbocycles. The number of nitrogens with one attached hydrogen (secondary N) is 1. The maximum atomic E-state index is 13.8. The molecule has 9 heteroatoms. The van der Waals surface area contributed by atoms with Gasteiger partial charge in [-0.1, -0.05) is 53.7 Å². The fourth-order valence-electron chi connectivity index (χ4n) is 3.06. The highest BCUT2D eigenvalue weighted by molar-refractivity contribution is 7.99. The predicted molar refractivity (Wildman–Crippen MR) is 123 cm³/mol. The maximum absolute atomic E-state index is 13.8. The van der Waals surface area contributed by atoms with E-state index in [-0.39, 0.29) is 22.9 Å². The number of nitrogens with zero attached hydrogens (tertiary/aromatic N) is 3. The molecule has 1 N–H and O–H groups in total. The normalized spacial score (nSPS) is 11.1. The first kappa shape index (κ1) is 21.2. The molecule has 2 aromatic carbocycles. The number of carbonyl (C=O) groups is 1. The molecule has 0 saturated heterocycles. The zero-order chi connectivity index (χ0) is 22.0. The third-order valence-corrected chi connectivity index (χ3v) is 6.47. The van der Waals surface area contributed by atoms with Crippen LogP contribution in [-0.2, 0) is 11.3 Å². The number of aromatic nitrogens is 3. The number of hydrogen-bond donors (Lipinski definition) is 1. The second kappa shape index (κ2) is 8.99. The van der Waals surface area contributed by atoms with Crippen molar-refractivity contribution in [1.82, 2.24) is 13.9 Å². The largest absolute Gasteiger partial charge is 0.323 e. The molecule has 0 atom stereocenters. The Hall–Kier alpha value is -3.04. The van der Waals surface area contributed by atoms with Gasteiger partial charge in [-0.05, 0) is 37.5 Å². The maximum Gasteiger partial charge on any atom is 0.273 e. The number of thioether (sulfide) groups is 1. The molecule has 0 aliphatic carbocycles. The third-order valence-electron chi connectivity index (χ3n) is 4.67. The standard InChI is InChI=1S/C22H19FN4O2S2/c1-3-27-21(29)20-19(18(26-31-20)14-10-8-13(2)9-11-14)25-22(27)30-12-17(28)24-16-7-5-4-6-15(16)23/h4-11H,3,12H2,1-2H3,(H,24,28). The fraction of sp³-hybridized carbons (Fsp3) is 0.182. The lowest BCUT2D eigenvalue weighted by Gasteiger charge is -2.10. The van der Waals surface area contributed by atoms with Gasteiger partial charge in [-0.25, -0.2) is 9.37 Å². The van der Waals surface area contributed by atoms with Crippen molar-refractivity contribution in [3.63, 3.8) is 0 Å². The van der Waals surface area contributed by atoms with Crippen molar-refractivity contribution in [3.05, 3.63) is 70.3 Å². The molecule has 0 radical (unpaired) electrons. The summed E-state index contributed by atoms with van der Waals surface area (Å²) < 4.78 is 20.3. The molecule has 4 aromatic rings. The molecule has 6 nitrogen and oxygen atoms in total. The molecule has 0 fully saturated rings. The van der Waals surface area contributed by atoms with E-state index in [1.807, 2.05) is 38.1 Å². The molecule has 0 bridgehead atoms. The quantitative estimate of drug-likeness (QED) is 0.337. The second-order valence-corrected chi connectivity index (χ2v) is 8.55.